The Labute approximate surface area is 330 Å². The Morgan fingerprint density at radius 1 is 1.00 bits per heavy atom. The van der Waals surface area contributed by atoms with Crippen molar-refractivity contribution in [1.82, 2.24) is 25.5 Å². The average Bonchev–Trinajstić information content (AvgIpc) is 3.14. The minimum atomic E-state index is -5.08. The van der Waals surface area contributed by atoms with Gasteiger partial charge < -0.3 is 42.1 Å². The van der Waals surface area contributed by atoms with E-state index in [4.69, 9.17) is 25.8 Å². The summed E-state index contributed by atoms with van der Waals surface area (Å²) in [6, 6.07) is 18.0. The number of benzene rings is 3. The zero-order valence-electron chi connectivity index (χ0n) is 31.9. The molecule has 0 aliphatic heterocycles. The molecule has 0 fully saturated rings. The number of rotatable bonds is 13. The van der Waals surface area contributed by atoms with Crippen LogP contribution in [0.1, 0.15) is 61.2 Å². The number of aliphatic carboxylic acids is 1. The third kappa shape index (κ3) is 14.3. The van der Waals surface area contributed by atoms with Gasteiger partial charge in [-0.1, -0.05) is 43.3 Å². The maximum absolute atomic E-state index is 13.6. The number of alkyl carbamates (subject to hydrolysis) is 1. The van der Waals surface area contributed by atoms with Crippen LogP contribution < -0.4 is 32.6 Å². The predicted octanol–water partition coefficient (Wildman–Crippen LogP) is 3.92. The maximum atomic E-state index is 13.6. The minimum Gasteiger partial charge on any atom is -0.507 e. The number of phenols is 1. The maximum Gasteiger partial charge on any atom is 0.490 e. The summed E-state index contributed by atoms with van der Waals surface area (Å²) < 4.78 is 38.1. The number of alkyl halides is 3. The van der Waals surface area contributed by atoms with Crippen LogP contribution in [0.2, 0.25) is 0 Å². The summed E-state index contributed by atoms with van der Waals surface area (Å²) in [6.07, 6.45) is -3.75. The van der Waals surface area contributed by atoms with Crippen molar-refractivity contribution in [2.75, 3.05) is 11.1 Å². The van der Waals surface area contributed by atoms with E-state index in [-0.39, 0.29) is 65.3 Å². The van der Waals surface area contributed by atoms with E-state index in [9.17, 15) is 37.5 Å². The summed E-state index contributed by atoms with van der Waals surface area (Å²) in [6.45, 7) is 7.14. The second-order valence-electron chi connectivity index (χ2n) is 12.8. The van der Waals surface area contributed by atoms with Gasteiger partial charge in [-0.05, 0) is 68.7 Å². The van der Waals surface area contributed by atoms with Crippen LogP contribution >= 0.6 is 0 Å². The van der Waals surface area contributed by atoms with Gasteiger partial charge in [0.1, 0.15) is 24.7 Å². The van der Waals surface area contributed by atoms with Crippen LogP contribution in [0.5, 0.6) is 5.75 Å². The number of hydrogen-bond donors (Lipinski definition) is 8. The first-order valence-corrected chi connectivity index (χ1v) is 17.3. The Morgan fingerprint density at radius 3 is 2.24 bits per heavy atom. The van der Waals surface area contributed by atoms with Crippen LogP contribution in [0, 0.1) is 5.41 Å². The average molecular weight is 815 g/mol. The van der Waals surface area contributed by atoms with Crippen molar-refractivity contribution in [3.63, 3.8) is 0 Å². The molecule has 1 heterocycles. The number of hydrogen-bond acceptors (Lipinski definition) is 11. The van der Waals surface area contributed by atoms with Gasteiger partial charge in [0.25, 0.3) is 11.5 Å². The van der Waals surface area contributed by atoms with Crippen LogP contribution in [0.25, 0.3) is 11.3 Å². The quantitative estimate of drug-likeness (QED) is 0.0544. The molecule has 0 aliphatic rings. The molecule has 20 heteroatoms. The van der Waals surface area contributed by atoms with E-state index in [1.54, 1.807) is 30.3 Å². The Bertz CT molecular complexity index is 2150. The number of amides is 3. The number of halogens is 3. The predicted molar refractivity (Wildman–Crippen MR) is 208 cm³/mol. The van der Waals surface area contributed by atoms with Gasteiger partial charge >= 0.3 is 18.2 Å². The second kappa shape index (κ2) is 21.4. The number of ether oxygens (including phenoxy) is 1. The number of nitrogens with two attached hydrogens (primary N) is 1. The van der Waals surface area contributed by atoms with Gasteiger partial charge in [0.05, 0.1) is 17.5 Å². The molecule has 0 radical (unpaired) electrons. The molecule has 17 nitrogen and oxygen atoms in total. The fourth-order valence-electron chi connectivity index (χ4n) is 4.81. The lowest BCUT2D eigenvalue weighted by Gasteiger charge is -2.17. The standard InChI is InChI=1S/C36H42N8O6.C2HF3O2.H2O/c1-5-22(4)42-34(47)26-14-25(15-27(37)16-26)29-18-40-33(41-21(2)3)35(48)44(29)19-31(46)39-17-24-11-12-28(30(45)13-24)32(38)43-36(49)50-20-23-9-7-6-8-10-23;3-2(4,5)1(6)7;/h6-16,18,21-22,45H,5,17,19-20,37H2,1-4H3,(H,39,46)(H,40,41)(H,42,47)(H2,38,43,49);(H,6,7);1H2/t22-;;/m0../s1. The van der Waals surface area contributed by atoms with Crippen molar-refractivity contribution in [3.05, 3.63) is 106 Å². The van der Waals surface area contributed by atoms with E-state index in [2.05, 4.69) is 26.3 Å². The molecule has 58 heavy (non-hydrogen) atoms. The number of anilines is 2. The third-order valence-electron chi connectivity index (χ3n) is 7.79. The Balaban J connectivity index is 0.00000133. The first kappa shape index (κ1) is 47.2. The van der Waals surface area contributed by atoms with Gasteiger partial charge in [-0.2, -0.15) is 13.2 Å². The number of phenolic OH excluding ortho intramolecular Hbond substituents is 1. The Hall–Kier alpha value is -6.96. The molecule has 0 bridgehead atoms. The van der Waals surface area contributed by atoms with E-state index in [1.807, 2.05) is 45.9 Å². The molecular formula is C38H45F3N8O9. The van der Waals surface area contributed by atoms with Gasteiger partial charge in [-0.15, -0.1) is 0 Å². The fourth-order valence-corrected chi connectivity index (χ4v) is 4.81. The fraction of sp³-hybridized carbons (Fsp3) is 0.289. The van der Waals surface area contributed by atoms with Gasteiger partial charge in [-0.25, -0.2) is 14.6 Å². The summed E-state index contributed by atoms with van der Waals surface area (Å²) >= 11 is 0. The second-order valence-corrected chi connectivity index (χ2v) is 12.8. The highest BCUT2D eigenvalue weighted by molar-refractivity contribution is 6.06. The number of amidine groups is 1. The molecule has 0 spiro atoms. The number of carboxylic acids is 1. The van der Waals surface area contributed by atoms with Crippen LogP contribution in [0.4, 0.5) is 29.5 Å². The largest absolute Gasteiger partial charge is 0.507 e. The van der Waals surface area contributed by atoms with Crippen molar-refractivity contribution in [2.45, 2.75) is 72.1 Å². The zero-order chi connectivity index (χ0) is 42.4. The SMILES string of the molecule is CC[C@H](C)NC(=O)c1cc(N)cc(-c2cnc(NC(C)C)c(=O)n2CC(=O)NCc2ccc(C(=N)NC(=O)OCc3ccccc3)c(O)c2)c1.O.O=C(O)C(F)(F)F. The molecule has 0 saturated carbocycles. The van der Waals surface area contributed by atoms with Crippen molar-refractivity contribution in [2.24, 2.45) is 0 Å². The number of nitrogens with one attached hydrogen (secondary N) is 5. The summed E-state index contributed by atoms with van der Waals surface area (Å²) in [7, 11) is 0. The van der Waals surface area contributed by atoms with Crippen molar-refractivity contribution >= 4 is 41.2 Å². The van der Waals surface area contributed by atoms with Crippen molar-refractivity contribution in [3.8, 4) is 17.0 Å². The minimum absolute atomic E-state index is 0. The smallest absolute Gasteiger partial charge is 0.490 e. The lowest BCUT2D eigenvalue weighted by Crippen LogP contribution is -2.35. The normalized spacial score (nSPS) is 11.2. The monoisotopic (exact) mass is 814 g/mol. The number of carbonyl (C=O) groups is 4. The van der Waals surface area contributed by atoms with E-state index < -0.39 is 36.3 Å². The van der Waals surface area contributed by atoms with E-state index in [1.165, 1.54) is 29.0 Å². The summed E-state index contributed by atoms with van der Waals surface area (Å²) in [5.41, 5.74) is 8.22. The topological polar surface area (TPSA) is 282 Å². The van der Waals surface area contributed by atoms with E-state index >= 15 is 0 Å². The van der Waals surface area contributed by atoms with Gasteiger partial charge in [0.2, 0.25) is 5.91 Å². The first-order valence-electron chi connectivity index (χ1n) is 17.3. The Morgan fingerprint density at radius 2 is 1.66 bits per heavy atom. The van der Waals surface area contributed by atoms with Crippen LogP contribution in [0.15, 0.2) is 77.7 Å². The number of nitrogens with zero attached hydrogens (tertiary/aromatic N) is 2. The van der Waals surface area contributed by atoms with Gasteiger partial charge in [0, 0.05) is 35.4 Å². The summed E-state index contributed by atoms with van der Waals surface area (Å²) in [5, 5.41) is 36.8. The van der Waals surface area contributed by atoms with E-state index in [0.717, 1.165) is 12.0 Å². The highest BCUT2D eigenvalue weighted by Gasteiger charge is 2.38. The highest BCUT2D eigenvalue weighted by atomic mass is 19.4. The van der Waals surface area contributed by atoms with Crippen LogP contribution in [-0.4, -0.2) is 73.2 Å². The highest BCUT2D eigenvalue weighted by Crippen LogP contribution is 2.24. The molecule has 11 N–H and O–H groups in total. The summed E-state index contributed by atoms with van der Waals surface area (Å²) in [5.74, 6) is -4.21. The van der Waals surface area contributed by atoms with Gasteiger partial charge in [-0.3, -0.25) is 29.7 Å². The molecule has 0 saturated heterocycles. The van der Waals surface area contributed by atoms with Crippen molar-refractivity contribution in [1.29, 1.82) is 5.41 Å². The number of aromatic nitrogens is 2. The number of nitrogen functional groups attached to an aromatic ring is 1. The summed E-state index contributed by atoms with van der Waals surface area (Å²) in [4.78, 5) is 65.1. The van der Waals surface area contributed by atoms with Crippen LogP contribution in [0.3, 0.4) is 0 Å². The number of carboxylic acid groups (broad SMARTS) is 1. The van der Waals surface area contributed by atoms with E-state index in [0.29, 0.717) is 22.4 Å². The first-order chi connectivity index (χ1) is 26.8. The molecule has 4 rings (SSSR count). The van der Waals surface area contributed by atoms with Crippen LogP contribution in [-0.2, 0) is 34.0 Å². The molecule has 3 aromatic carbocycles. The van der Waals surface area contributed by atoms with Gasteiger partial charge in [0.15, 0.2) is 5.82 Å². The lowest BCUT2D eigenvalue weighted by molar-refractivity contribution is -0.192. The molecule has 3 amide bonds. The lowest BCUT2D eigenvalue weighted by atomic mass is 10.1. The third-order valence-corrected chi connectivity index (χ3v) is 7.79. The molecule has 0 unspecified atom stereocenters. The number of carbonyl (C=O) groups excluding carboxylic acids is 3. The van der Waals surface area contributed by atoms with Crippen molar-refractivity contribution < 1.29 is 52.8 Å². The molecule has 0 aliphatic carbocycles. The zero-order valence-corrected chi connectivity index (χ0v) is 31.9. The molecule has 4 aromatic rings. The molecule has 1 atom stereocenters. The molecule has 312 valence electrons. The molecular weight excluding hydrogens is 769 g/mol. The Kier molecular flexibility index (Phi) is 17.4. The molecule has 1 aromatic heterocycles. The number of aromatic hydroxyl groups is 1.